The van der Waals surface area contributed by atoms with Crippen LogP contribution in [-0.2, 0) is 14.3 Å². The van der Waals surface area contributed by atoms with Crippen molar-refractivity contribution >= 4 is 11.9 Å². The third-order valence-electron chi connectivity index (χ3n) is 2.98. The Morgan fingerprint density at radius 1 is 1.40 bits per heavy atom. The first kappa shape index (κ1) is 18.6. The number of amides is 1. The second-order valence-electron chi connectivity index (χ2n) is 6.05. The molecule has 0 aromatic carbocycles. The van der Waals surface area contributed by atoms with Crippen LogP contribution in [-0.4, -0.2) is 42.0 Å². The van der Waals surface area contributed by atoms with E-state index in [1.807, 2.05) is 6.92 Å². The van der Waals surface area contributed by atoms with E-state index in [0.717, 1.165) is 0 Å². The van der Waals surface area contributed by atoms with Gasteiger partial charge in [0.15, 0.2) is 0 Å². The summed E-state index contributed by atoms with van der Waals surface area (Å²) in [6.07, 6.45) is 2.15. The van der Waals surface area contributed by atoms with Gasteiger partial charge in [-0.3, -0.25) is 9.59 Å². The highest BCUT2D eigenvalue weighted by Crippen LogP contribution is 2.17. The van der Waals surface area contributed by atoms with E-state index in [2.05, 4.69) is 6.58 Å². The van der Waals surface area contributed by atoms with E-state index in [4.69, 9.17) is 10.5 Å². The number of rotatable bonds is 7. The normalized spacial score (nSPS) is 14.3. The molecule has 20 heavy (non-hydrogen) atoms. The molecule has 5 nitrogen and oxygen atoms in total. The largest absolute Gasteiger partial charge is 0.460 e. The van der Waals surface area contributed by atoms with Gasteiger partial charge in [-0.2, -0.15) is 0 Å². The maximum Gasteiger partial charge on any atom is 0.307 e. The molecule has 0 spiro atoms. The summed E-state index contributed by atoms with van der Waals surface area (Å²) in [5.41, 5.74) is 5.02. The van der Waals surface area contributed by atoms with Crippen LogP contribution in [0.4, 0.5) is 0 Å². The summed E-state index contributed by atoms with van der Waals surface area (Å²) in [4.78, 5) is 25.8. The molecule has 0 aliphatic heterocycles. The lowest BCUT2D eigenvalue weighted by Gasteiger charge is -2.28. The monoisotopic (exact) mass is 284 g/mol. The van der Waals surface area contributed by atoms with Gasteiger partial charge in [0.2, 0.25) is 5.91 Å². The van der Waals surface area contributed by atoms with Crippen LogP contribution in [0.1, 0.15) is 40.5 Å². The van der Waals surface area contributed by atoms with Gasteiger partial charge in [-0.05, 0) is 34.1 Å². The van der Waals surface area contributed by atoms with E-state index >= 15 is 0 Å². The molecule has 5 heteroatoms. The maximum atomic E-state index is 12.3. The molecule has 1 amide bonds. The molecule has 0 heterocycles. The van der Waals surface area contributed by atoms with Crippen molar-refractivity contribution in [2.45, 2.75) is 52.2 Å². The molecule has 0 bridgehead atoms. The minimum atomic E-state index is -0.546. The predicted molar refractivity (Wildman–Crippen MR) is 80.1 cm³/mol. The minimum absolute atomic E-state index is 0.0593. The Morgan fingerprint density at radius 2 is 1.95 bits per heavy atom. The van der Waals surface area contributed by atoms with Crippen LogP contribution in [0.5, 0.6) is 0 Å². The number of hydrogen-bond acceptors (Lipinski definition) is 4. The molecular formula is C15H28N2O3. The Morgan fingerprint density at radius 3 is 2.35 bits per heavy atom. The molecule has 0 fully saturated rings. The van der Waals surface area contributed by atoms with E-state index in [0.29, 0.717) is 13.0 Å². The molecule has 116 valence electrons. The lowest BCUT2D eigenvalue weighted by atomic mass is 9.99. The Hall–Kier alpha value is -1.36. The maximum absolute atomic E-state index is 12.3. The van der Waals surface area contributed by atoms with E-state index in [9.17, 15) is 9.59 Å². The van der Waals surface area contributed by atoms with E-state index in [1.165, 1.54) is 0 Å². The summed E-state index contributed by atoms with van der Waals surface area (Å²) in [6, 6.07) is -0.0616. The SMILES string of the molecule is C=CC[C@H](CC(=O)OC(C)(C)C)C(=O)N(C)[C@@H](C)CN. The summed E-state index contributed by atoms with van der Waals surface area (Å²) < 4.78 is 5.26. The predicted octanol–water partition coefficient (Wildman–Crippen LogP) is 1.72. The van der Waals surface area contributed by atoms with Crippen LogP contribution < -0.4 is 5.73 Å². The fourth-order valence-electron chi connectivity index (χ4n) is 1.72. The zero-order valence-electron chi connectivity index (χ0n) is 13.3. The molecule has 0 aliphatic carbocycles. The molecule has 0 unspecified atom stereocenters. The average molecular weight is 284 g/mol. The van der Waals surface area contributed by atoms with E-state index < -0.39 is 11.5 Å². The Bertz CT molecular complexity index is 348. The summed E-state index contributed by atoms with van der Waals surface area (Å²) in [7, 11) is 1.70. The van der Waals surface area contributed by atoms with Gasteiger partial charge < -0.3 is 15.4 Å². The van der Waals surface area contributed by atoms with Crippen LogP contribution in [0.2, 0.25) is 0 Å². The van der Waals surface area contributed by atoms with Crippen molar-refractivity contribution in [3.63, 3.8) is 0 Å². The summed E-state index contributed by atoms with van der Waals surface area (Å²) in [6.45, 7) is 11.3. The fourth-order valence-corrected chi connectivity index (χ4v) is 1.72. The van der Waals surface area contributed by atoms with Gasteiger partial charge >= 0.3 is 5.97 Å². The second-order valence-corrected chi connectivity index (χ2v) is 6.05. The van der Waals surface area contributed by atoms with Crippen molar-refractivity contribution in [1.82, 2.24) is 4.90 Å². The van der Waals surface area contributed by atoms with Crippen molar-refractivity contribution in [2.24, 2.45) is 11.7 Å². The third-order valence-corrected chi connectivity index (χ3v) is 2.98. The number of carbonyl (C=O) groups excluding carboxylic acids is 2. The fraction of sp³-hybridized carbons (Fsp3) is 0.733. The lowest BCUT2D eigenvalue weighted by Crippen LogP contribution is -2.43. The van der Waals surface area contributed by atoms with Crippen LogP contribution in [0, 0.1) is 5.92 Å². The zero-order chi connectivity index (χ0) is 15.9. The number of nitrogens with two attached hydrogens (primary N) is 1. The Balaban J connectivity index is 4.76. The number of likely N-dealkylation sites (N-methyl/N-ethyl adjacent to an activating group) is 1. The highest BCUT2D eigenvalue weighted by molar-refractivity contribution is 5.84. The molecule has 0 aromatic rings. The van der Waals surface area contributed by atoms with Crippen LogP contribution in [0.15, 0.2) is 12.7 Å². The van der Waals surface area contributed by atoms with Gasteiger partial charge in [0.25, 0.3) is 0 Å². The van der Waals surface area contributed by atoms with Gasteiger partial charge in [-0.25, -0.2) is 0 Å². The van der Waals surface area contributed by atoms with Gasteiger partial charge in [-0.1, -0.05) is 6.08 Å². The topological polar surface area (TPSA) is 72.6 Å². The van der Waals surface area contributed by atoms with Crippen molar-refractivity contribution in [1.29, 1.82) is 0 Å². The Labute approximate surface area is 122 Å². The summed E-state index contributed by atoms with van der Waals surface area (Å²) in [5.74, 6) is -0.915. The first-order valence-corrected chi connectivity index (χ1v) is 6.91. The number of nitrogens with zero attached hydrogens (tertiary/aromatic N) is 1. The third kappa shape index (κ3) is 6.70. The average Bonchev–Trinajstić information content (AvgIpc) is 2.33. The van der Waals surface area contributed by atoms with Crippen molar-refractivity contribution < 1.29 is 14.3 Å². The number of allylic oxidation sites excluding steroid dienone is 1. The molecular weight excluding hydrogens is 256 g/mol. The van der Waals surface area contributed by atoms with Crippen LogP contribution in [0.25, 0.3) is 0 Å². The molecule has 0 saturated carbocycles. The quantitative estimate of drug-likeness (QED) is 0.570. The highest BCUT2D eigenvalue weighted by atomic mass is 16.6. The molecule has 0 rings (SSSR count). The highest BCUT2D eigenvalue weighted by Gasteiger charge is 2.28. The van der Waals surface area contributed by atoms with Crippen molar-refractivity contribution in [3.8, 4) is 0 Å². The van der Waals surface area contributed by atoms with Crippen molar-refractivity contribution in [3.05, 3.63) is 12.7 Å². The molecule has 0 saturated heterocycles. The Kier molecular flexibility index (Phi) is 7.50. The van der Waals surface area contributed by atoms with Gasteiger partial charge in [0.1, 0.15) is 5.60 Å². The molecule has 0 radical (unpaired) electrons. The number of hydrogen-bond donors (Lipinski definition) is 1. The lowest BCUT2D eigenvalue weighted by molar-refractivity contribution is -0.158. The standard InChI is InChI=1S/C15H28N2O3/c1-7-8-12(9-13(18)20-15(3,4)5)14(19)17(6)11(2)10-16/h7,11-12H,1,8-10,16H2,2-6H3/t11-,12+/m0/s1. The number of carbonyl (C=O) groups is 2. The molecule has 2 N–H and O–H groups in total. The van der Waals surface area contributed by atoms with Gasteiger partial charge in [0.05, 0.1) is 12.3 Å². The second kappa shape index (κ2) is 8.04. The van der Waals surface area contributed by atoms with Gasteiger partial charge in [0, 0.05) is 19.6 Å². The number of ether oxygens (including phenoxy) is 1. The number of esters is 1. The molecule has 2 atom stereocenters. The zero-order valence-corrected chi connectivity index (χ0v) is 13.3. The summed E-state index contributed by atoms with van der Waals surface area (Å²) >= 11 is 0. The summed E-state index contributed by atoms with van der Waals surface area (Å²) in [5, 5.41) is 0. The van der Waals surface area contributed by atoms with Gasteiger partial charge in [-0.15, -0.1) is 6.58 Å². The first-order valence-electron chi connectivity index (χ1n) is 6.91. The minimum Gasteiger partial charge on any atom is -0.460 e. The smallest absolute Gasteiger partial charge is 0.307 e. The first-order chi connectivity index (χ1) is 9.12. The molecule has 0 aliphatic rings. The van der Waals surface area contributed by atoms with Crippen molar-refractivity contribution in [2.75, 3.05) is 13.6 Å². The van der Waals surface area contributed by atoms with Crippen LogP contribution in [0.3, 0.4) is 0 Å². The molecule has 0 aromatic heterocycles. The van der Waals surface area contributed by atoms with E-state index in [-0.39, 0.29) is 24.3 Å². The van der Waals surface area contributed by atoms with Crippen LogP contribution >= 0.6 is 0 Å². The van der Waals surface area contributed by atoms with E-state index in [1.54, 1.807) is 38.8 Å².